The van der Waals surface area contributed by atoms with Gasteiger partial charge >= 0.3 is 6.03 Å². The molecule has 4 aromatic rings. The fourth-order valence-corrected chi connectivity index (χ4v) is 4.11. The molecule has 0 aliphatic rings. The van der Waals surface area contributed by atoms with Crippen molar-refractivity contribution in [2.75, 3.05) is 36.2 Å². The highest BCUT2D eigenvalue weighted by Gasteiger charge is 2.18. The summed E-state index contributed by atoms with van der Waals surface area (Å²) in [6, 6.07) is 10.2. The molecule has 4 rings (SSSR count). The zero-order valence-corrected chi connectivity index (χ0v) is 20.8. The van der Waals surface area contributed by atoms with Crippen molar-refractivity contribution in [1.82, 2.24) is 9.55 Å². The highest BCUT2D eigenvalue weighted by molar-refractivity contribution is 6.33. The summed E-state index contributed by atoms with van der Waals surface area (Å²) in [7, 11) is 1.60. The van der Waals surface area contributed by atoms with E-state index in [1.54, 1.807) is 30.0 Å². The van der Waals surface area contributed by atoms with E-state index < -0.39 is 17.7 Å². The first-order chi connectivity index (χ1) is 17.8. The van der Waals surface area contributed by atoms with Crippen LogP contribution in [0.1, 0.15) is 6.92 Å². The Morgan fingerprint density at radius 3 is 2.65 bits per heavy atom. The molecule has 37 heavy (non-hydrogen) atoms. The van der Waals surface area contributed by atoms with Crippen LogP contribution in [-0.4, -0.2) is 35.8 Å². The Morgan fingerprint density at radius 2 is 1.92 bits per heavy atom. The summed E-state index contributed by atoms with van der Waals surface area (Å²) in [5, 5.41) is 8.63. The van der Waals surface area contributed by atoms with Crippen LogP contribution >= 0.6 is 11.6 Å². The van der Waals surface area contributed by atoms with E-state index in [0.29, 0.717) is 36.4 Å². The van der Waals surface area contributed by atoms with Crippen molar-refractivity contribution >= 4 is 45.7 Å². The van der Waals surface area contributed by atoms with Gasteiger partial charge in [0.25, 0.3) is 5.56 Å². The Bertz CT molecular complexity index is 1530. The van der Waals surface area contributed by atoms with Crippen molar-refractivity contribution < 1.29 is 18.3 Å². The van der Waals surface area contributed by atoms with Gasteiger partial charge in [-0.2, -0.15) is 0 Å². The lowest BCUT2D eigenvalue weighted by Crippen LogP contribution is -2.22. The number of fused-ring (bicyclic) bond motifs is 1. The number of nitrogens with zero attached hydrogens (tertiary/aromatic N) is 2. The van der Waals surface area contributed by atoms with Gasteiger partial charge in [0.1, 0.15) is 17.5 Å². The molecule has 0 fully saturated rings. The van der Waals surface area contributed by atoms with Crippen LogP contribution in [0.25, 0.3) is 22.0 Å². The summed E-state index contributed by atoms with van der Waals surface area (Å²) in [6.45, 7) is 3.25. The van der Waals surface area contributed by atoms with E-state index in [4.69, 9.17) is 16.3 Å². The molecule has 3 N–H and O–H groups in total. The fourth-order valence-electron chi connectivity index (χ4n) is 3.86. The number of methoxy groups -OCH3 is 1. The van der Waals surface area contributed by atoms with Gasteiger partial charge in [-0.05, 0) is 43.3 Å². The number of pyridine rings is 2. The molecule has 0 spiro atoms. The first-order valence-electron chi connectivity index (χ1n) is 11.4. The number of hydrogen-bond donors (Lipinski definition) is 3. The third kappa shape index (κ3) is 5.87. The maximum atomic E-state index is 14.7. The zero-order chi connectivity index (χ0) is 26.5. The maximum absolute atomic E-state index is 14.7. The molecule has 2 aromatic heterocycles. The molecule has 0 bridgehead atoms. The molecule has 0 saturated carbocycles. The normalized spacial score (nSPS) is 10.9. The van der Waals surface area contributed by atoms with Crippen LogP contribution in [-0.2, 0) is 11.3 Å². The minimum atomic E-state index is -0.798. The molecule has 192 valence electrons. The predicted molar refractivity (Wildman–Crippen MR) is 141 cm³/mol. The molecule has 0 aliphatic heterocycles. The summed E-state index contributed by atoms with van der Waals surface area (Å²) >= 11 is 6.34. The van der Waals surface area contributed by atoms with Crippen LogP contribution in [0.2, 0.25) is 5.02 Å². The number of anilines is 3. The molecular weight excluding hydrogens is 504 g/mol. The first kappa shape index (κ1) is 26.1. The monoisotopic (exact) mass is 527 g/mol. The third-order valence-electron chi connectivity index (χ3n) is 5.58. The van der Waals surface area contributed by atoms with Crippen LogP contribution in [0.3, 0.4) is 0 Å². The topological polar surface area (TPSA) is 97.3 Å². The molecule has 0 aliphatic carbocycles. The van der Waals surface area contributed by atoms with Crippen molar-refractivity contribution in [2.45, 2.75) is 13.5 Å². The lowest BCUT2D eigenvalue weighted by Gasteiger charge is -2.15. The number of aryl methyl sites for hydroxylation is 1. The minimum absolute atomic E-state index is 0.00139. The molecule has 8 nitrogen and oxygen atoms in total. The summed E-state index contributed by atoms with van der Waals surface area (Å²) in [5.74, 6) is -0.740. The highest BCUT2D eigenvalue weighted by Crippen LogP contribution is 2.33. The van der Waals surface area contributed by atoms with Gasteiger partial charge in [0.05, 0.1) is 22.8 Å². The number of urea groups is 1. The summed E-state index contributed by atoms with van der Waals surface area (Å²) in [5.41, 5.74) is 0.767. The second-order valence-electron chi connectivity index (χ2n) is 8.06. The van der Waals surface area contributed by atoms with E-state index in [0.717, 1.165) is 12.1 Å². The number of aromatic nitrogens is 2. The second-order valence-corrected chi connectivity index (χ2v) is 8.46. The van der Waals surface area contributed by atoms with E-state index in [9.17, 15) is 18.4 Å². The first-order valence-corrected chi connectivity index (χ1v) is 11.8. The predicted octanol–water partition coefficient (Wildman–Crippen LogP) is 5.72. The van der Waals surface area contributed by atoms with E-state index in [2.05, 4.69) is 20.9 Å². The molecule has 11 heteroatoms. The van der Waals surface area contributed by atoms with Gasteiger partial charge in [-0.15, -0.1) is 0 Å². The van der Waals surface area contributed by atoms with Crippen LogP contribution in [0.5, 0.6) is 0 Å². The SMILES string of the molecule is CCn1c(=O)c(-c2cc(NC(=O)Nc3cccc(F)c3)c(F)cc2Cl)cc2cnc(NCCOC)cc21. The molecule has 0 atom stereocenters. The molecular formula is C26H24ClF2N5O3. The molecule has 0 unspecified atom stereocenters. The van der Waals surface area contributed by atoms with E-state index in [-0.39, 0.29) is 33.1 Å². The summed E-state index contributed by atoms with van der Waals surface area (Å²) in [4.78, 5) is 30.2. The van der Waals surface area contributed by atoms with Crippen molar-refractivity contribution in [1.29, 1.82) is 0 Å². The molecule has 0 radical (unpaired) electrons. The van der Waals surface area contributed by atoms with Crippen molar-refractivity contribution in [3.05, 3.63) is 81.7 Å². The van der Waals surface area contributed by atoms with Crippen LogP contribution in [0.15, 0.2) is 59.5 Å². The number of ether oxygens (including phenoxy) is 1. The number of benzene rings is 2. The molecule has 2 amide bonds. The quantitative estimate of drug-likeness (QED) is 0.255. The number of amides is 2. The number of nitrogens with one attached hydrogen (secondary N) is 3. The van der Waals surface area contributed by atoms with E-state index >= 15 is 0 Å². The zero-order valence-electron chi connectivity index (χ0n) is 20.1. The number of carbonyl (C=O) groups is 1. The Hall–Kier alpha value is -4.02. The smallest absolute Gasteiger partial charge is 0.323 e. The number of carbonyl (C=O) groups excluding carboxylic acids is 1. The summed E-state index contributed by atoms with van der Waals surface area (Å²) in [6.07, 6.45) is 1.63. The Balaban J connectivity index is 1.70. The maximum Gasteiger partial charge on any atom is 0.323 e. The Morgan fingerprint density at radius 1 is 1.11 bits per heavy atom. The van der Waals surface area contributed by atoms with Crippen molar-refractivity contribution in [2.24, 2.45) is 0 Å². The average Bonchev–Trinajstić information content (AvgIpc) is 2.86. The van der Waals surface area contributed by atoms with Gasteiger partial charge in [-0.25, -0.2) is 18.6 Å². The van der Waals surface area contributed by atoms with Crippen LogP contribution < -0.4 is 21.5 Å². The largest absolute Gasteiger partial charge is 0.383 e. The fraction of sp³-hybridized carbons (Fsp3) is 0.192. The van der Waals surface area contributed by atoms with Gasteiger partial charge in [0, 0.05) is 54.7 Å². The Kier molecular flexibility index (Phi) is 8.00. The summed E-state index contributed by atoms with van der Waals surface area (Å²) < 4.78 is 34.7. The van der Waals surface area contributed by atoms with Gasteiger partial charge in [0.2, 0.25) is 0 Å². The van der Waals surface area contributed by atoms with E-state index in [1.165, 1.54) is 24.3 Å². The van der Waals surface area contributed by atoms with Crippen molar-refractivity contribution in [3.8, 4) is 11.1 Å². The van der Waals surface area contributed by atoms with Crippen LogP contribution in [0, 0.1) is 11.6 Å². The van der Waals surface area contributed by atoms with E-state index in [1.807, 2.05) is 6.92 Å². The number of halogens is 3. The van der Waals surface area contributed by atoms with Crippen LogP contribution in [0.4, 0.5) is 30.8 Å². The lowest BCUT2D eigenvalue weighted by molar-refractivity contribution is 0.210. The minimum Gasteiger partial charge on any atom is -0.383 e. The van der Waals surface area contributed by atoms with Gasteiger partial charge in [-0.3, -0.25) is 4.79 Å². The number of rotatable bonds is 8. The van der Waals surface area contributed by atoms with Gasteiger partial charge in [0.15, 0.2) is 0 Å². The standard InChI is InChI=1S/C26H24ClF2N5O3/c1-3-34-23-13-24(30-7-8-37-2)31-14-15(23)9-19(25(34)35)18-11-22(21(29)12-20(18)27)33-26(36)32-17-6-4-5-16(28)10-17/h4-6,9-14H,3,7-8H2,1-2H3,(H,30,31)(H2,32,33,36). The molecule has 2 heterocycles. The number of hydrogen-bond acceptors (Lipinski definition) is 5. The Labute approximate surface area is 216 Å². The molecule has 0 saturated heterocycles. The van der Waals surface area contributed by atoms with Gasteiger partial charge < -0.3 is 25.3 Å². The molecule has 2 aromatic carbocycles. The van der Waals surface area contributed by atoms with Gasteiger partial charge in [-0.1, -0.05) is 17.7 Å². The second kappa shape index (κ2) is 11.4. The van der Waals surface area contributed by atoms with Crippen molar-refractivity contribution in [3.63, 3.8) is 0 Å². The average molecular weight is 528 g/mol. The highest BCUT2D eigenvalue weighted by atomic mass is 35.5. The third-order valence-corrected chi connectivity index (χ3v) is 5.90. The lowest BCUT2D eigenvalue weighted by atomic mass is 10.0.